The molecule has 84 valence electrons. The number of halogens is 1. The monoisotopic (exact) mass is 236 g/mol. The molecule has 1 aliphatic rings. The van der Waals surface area contributed by atoms with Crippen molar-refractivity contribution in [1.82, 2.24) is 0 Å². The second kappa shape index (κ2) is 6.11. The lowest BCUT2D eigenvalue weighted by Crippen LogP contribution is -2.35. The molecule has 1 rings (SSSR count). The van der Waals surface area contributed by atoms with E-state index in [9.17, 15) is 0 Å². The average molecular weight is 237 g/mol. The van der Waals surface area contributed by atoms with E-state index in [2.05, 4.69) is 0 Å². The van der Waals surface area contributed by atoms with E-state index in [0.29, 0.717) is 5.04 Å². The summed E-state index contributed by atoms with van der Waals surface area (Å²) in [7, 11) is 2.11. The molecular formula is C10H21ClO2Si. The molecule has 2 nitrogen and oxygen atoms in total. The SMILES string of the molecule is CO[SiH](OC)C1(CCCCl)CCCC1. The van der Waals surface area contributed by atoms with Gasteiger partial charge in [0.25, 0.3) is 0 Å². The smallest absolute Gasteiger partial charge is 0.327 e. The van der Waals surface area contributed by atoms with Gasteiger partial charge in [0.2, 0.25) is 0 Å². The van der Waals surface area contributed by atoms with Crippen LogP contribution in [0.5, 0.6) is 0 Å². The zero-order valence-electron chi connectivity index (χ0n) is 9.22. The van der Waals surface area contributed by atoms with Crippen LogP contribution >= 0.6 is 11.6 Å². The minimum atomic E-state index is -1.47. The molecule has 0 spiro atoms. The first-order valence-electron chi connectivity index (χ1n) is 5.40. The lowest BCUT2D eigenvalue weighted by atomic mass is 10.0. The molecule has 0 atom stereocenters. The third-order valence-electron chi connectivity index (χ3n) is 3.34. The Hall–Kier alpha value is 0.427. The Morgan fingerprint density at radius 1 is 1.21 bits per heavy atom. The van der Waals surface area contributed by atoms with Gasteiger partial charge in [-0.05, 0) is 25.7 Å². The Morgan fingerprint density at radius 3 is 2.21 bits per heavy atom. The summed E-state index contributed by atoms with van der Waals surface area (Å²) in [6, 6.07) is 0. The molecule has 0 bridgehead atoms. The maximum absolute atomic E-state index is 5.77. The van der Waals surface area contributed by atoms with Crippen molar-refractivity contribution in [3.63, 3.8) is 0 Å². The fourth-order valence-electron chi connectivity index (χ4n) is 2.70. The van der Waals surface area contributed by atoms with Crippen LogP contribution in [0.1, 0.15) is 38.5 Å². The standard InChI is InChI=1S/C10H21ClO2Si/c1-12-14(13-2)10(8-5-9-11)6-3-4-7-10/h14H,3-9H2,1-2H3. The highest BCUT2D eigenvalue weighted by Crippen LogP contribution is 2.51. The van der Waals surface area contributed by atoms with Crippen LogP contribution in [-0.2, 0) is 8.85 Å². The molecule has 0 unspecified atom stereocenters. The number of hydrogen-bond donors (Lipinski definition) is 0. The Balaban J connectivity index is 2.59. The van der Waals surface area contributed by atoms with Crippen LogP contribution < -0.4 is 0 Å². The summed E-state index contributed by atoms with van der Waals surface area (Å²) in [5.74, 6) is 0.760. The molecule has 14 heavy (non-hydrogen) atoms. The van der Waals surface area contributed by atoms with Gasteiger partial charge in [0.05, 0.1) is 0 Å². The number of alkyl halides is 1. The van der Waals surface area contributed by atoms with Gasteiger partial charge in [-0.25, -0.2) is 0 Å². The molecule has 0 amide bonds. The highest BCUT2D eigenvalue weighted by Gasteiger charge is 2.43. The summed E-state index contributed by atoms with van der Waals surface area (Å²) in [5.41, 5.74) is 0. The molecule has 0 aromatic carbocycles. The van der Waals surface area contributed by atoms with Gasteiger partial charge in [0.15, 0.2) is 0 Å². The van der Waals surface area contributed by atoms with Crippen molar-refractivity contribution in [2.75, 3.05) is 20.1 Å². The molecule has 0 N–H and O–H groups in total. The highest BCUT2D eigenvalue weighted by atomic mass is 35.5. The van der Waals surface area contributed by atoms with Crippen molar-refractivity contribution in [2.45, 2.75) is 43.6 Å². The van der Waals surface area contributed by atoms with Gasteiger partial charge in [0.1, 0.15) is 0 Å². The quantitative estimate of drug-likeness (QED) is 0.522. The predicted molar refractivity (Wildman–Crippen MR) is 62.3 cm³/mol. The van der Waals surface area contributed by atoms with E-state index in [4.69, 9.17) is 20.5 Å². The van der Waals surface area contributed by atoms with E-state index in [0.717, 1.165) is 12.3 Å². The molecule has 4 heteroatoms. The van der Waals surface area contributed by atoms with Crippen molar-refractivity contribution in [3.05, 3.63) is 0 Å². The van der Waals surface area contributed by atoms with Crippen molar-refractivity contribution in [2.24, 2.45) is 0 Å². The average Bonchev–Trinajstić information content (AvgIpc) is 2.67. The van der Waals surface area contributed by atoms with Gasteiger partial charge in [-0.3, -0.25) is 0 Å². The summed E-state index contributed by atoms with van der Waals surface area (Å²) in [6.07, 6.45) is 7.51. The predicted octanol–water partition coefficient (Wildman–Crippen LogP) is 2.83. The van der Waals surface area contributed by atoms with E-state index >= 15 is 0 Å². The number of hydrogen-bond acceptors (Lipinski definition) is 2. The Bertz CT molecular complexity index is 156. The molecule has 0 saturated heterocycles. The van der Waals surface area contributed by atoms with Gasteiger partial charge < -0.3 is 8.85 Å². The molecule has 1 fully saturated rings. The van der Waals surface area contributed by atoms with Gasteiger partial charge in [-0.2, -0.15) is 0 Å². The number of rotatable bonds is 6. The molecule has 1 saturated carbocycles. The Kier molecular flexibility index (Phi) is 5.45. The van der Waals surface area contributed by atoms with Crippen LogP contribution in [0.2, 0.25) is 5.04 Å². The maximum Gasteiger partial charge on any atom is 0.327 e. The van der Waals surface area contributed by atoms with Crippen LogP contribution in [0, 0.1) is 0 Å². The molecule has 0 heterocycles. The van der Waals surface area contributed by atoms with Gasteiger partial charge in [0, 0.05) is 25.1 Å². The van der Waals surface area contributed by atoms with E-state index in [1.807, 2.05) is 0 Å². The summed E-state index contributed by atoms with van der Waals surface area (Å²) in [5, 5.41) is 0.373. The maximum atomic E-state index is 5.77. The summed E-state index contributed by atoms with van der Waals surface area (Å²) in [6.45, 7) is 0. The van der Waals surface area contributed by atoms with E-state index in [1.165, 1.54) is 32.1 Å². The normalized spacial score (nSPS) is 20.6. The van der Waals surface area contributed by atoms with Crippen molar-refractivity contribution < 1.29 is 8.85 Å². The molecule has 0 radical (unpaired) electrons. The fraction of sp³-hybridized carbons (Fsp3) is 1.00. The van der Waals surface area contributed by atoms with Crippen LogP contribution in [0.3, 0.4) is 0 Å². The van der Waals surface area contributed by atoms with Gasteiger partial charge >= 0.3 is 9.28 Å². The summed E-state index contributed by atoms with van der Waals surface area (Å²) < 4.78 is 11.1. The minimum absolute atomic E-state index is 0.373. The first-order valence-corrected chi connectivity index (χ1v) is 7.46. The van der Waals surface area contributed by atoms with E-state index in [1.54, 1.807) is 14.2 Å². The first kappa shape index (κ1) is 12.5. The Morgan fingerprint density at radius 2 is 1.79 bits per heavy atom. The van der Waals surface area contributed by atoms with Gasteiger partial charge in [-0.15, -0.1) is 11.6 Å². The van der Waals surface area contributed by atoms with Crippen molar-refractivity contribution in [3.8, 4) is 0 Å². The molecular weight excluding hydrogens is 216 g/mol. The zero-order valence-corrected chi connectivity index (χ0v) is 11.1. The zero-order chi connectivity index (χ0) is 10.4. The molecule has 1 aliphatic carbocycles. The third-order valence-corrected chi connectivity index (χ3v) is 6.33. The van der Waals surface area contributed by atoms with Crippen molar-refractivity contribution >= 4 is 20.9 Å². The van der Waals surface area contributed by atoms with Gasteiger partial charge in [-0.1, -0.05) is 12.8 Å². The Labute approximate surface area is 93.8 Å². The second-order valence-corrected chi connectivity index (χ2v) is 7.37. The largest absolute Gasteiger partial charge is 0.400 e. The third kappa shape index (κ3) is 2.72. The summed E-state index contributed by atoms with van der Waals surface area (Å²) >= 11 is 5.77. The topological polar surface area (TPSA) is 18.5 Å². The first-order chi connectivity index (χ1) is 6.79. The molecule has 0 aliphatic heterocycles. The summed E-state index contributed by atoms with van der Waals surface area (Å²) in [4.78, 5) is 0. The van der Waals surface area contributed by atoms with Crippen LogP contribution in [0.4, 0.5) is 0 Å². The highest BCUT2D eigenvalue weighted by molar-refractivity contribution is 6.48. The lowest BCUT2D eigenvalue weighted by molar-refractivity contribution is 0.232. The van der Waals surface area contributed by atoms with E-state index in [-0.39, 0.29) is 0 Å². The van der Waals surface area contributed by atoms with E-state index < -0.39 is 9.28 Å². The van der Waals surface area contributed by atoms with Crippen LogP contribution in [-0.4, -0.2) is 29.4 Å². The van der Waals surface area contributed by atoms with Crippen LogP contribution in [0.15, 0.2) is 0 Å². The van der Waals surface area contributed by atoms with Crippen LogP contribution in [0.25, 0.3) is 0 Å². The lowest BCUT2D eigenvalue weighted by Gasteiger charge is -2.33. The molecule has 0 aromatic rings. The minimum Gasteiger partial charge on any atom is -0.400 e. The second-order valence-electron chi connectivity index (χ2n) is 4.17. The fourth-order valence-corrected chi connectivity index (χ4v) is 5.34. The van der Waals surface area contributed by atoms with Crippen molar-refractivity contribution in [1.29, 1.82) is 0 Å². The molecule has 0 aromatic heterocycles.